The van der Waals surface area contributed by atoms with Gasteiger partial charge in [-0.25, -0.2) is 15.0 Å². The Hall–Kier alpha value is -2.49. The summed E-state index contributed by atoms with van der Waals surface area (Å²) in [5.41, 5.74) is -1.46. The van der Waals surface area contributed by atoms with Crippen molar-refractivity contribution in [2.75, 3.05) is 7.11 Å². The molecule has 144 valence electrons. The Labute approximate surface area is 149 Å². The number of carbonyl (C=O) groups is 1. The minimum atomic E-state index is -4.67. The summed E-state index contributed by atoms with van der Waals surface area (Å²) >= 11 is 0. The number of carbonyl (C=O) groups excluding carboxylic acids is 1. The Morgan fingerprint density at radius 2 is 1.96 bits per heavy atom. The molecule has 0 aromatic carbocycles. The van der Waals surface area contributed by atoms with Crippen molar-refractivity contribution < 1.29 is 24.5 Å². The summed E-state index contributed by atoms with van der Waals surface area (Å²) in [5.74, 6) is -0.854. The highest BCUT2D eigenvalue weighted by molar-refractivity contribution is 5.92. The van der Waals surface area contributed by atoms with Gasteiger partial charge in [-0.05, 0) is 12.8 Å². The third-order valence-corrected chi connectivity index (χ3v) is 3.91. The van der Waals surface area contributed by atoms with Crippen molar-refractivity contribution in [1.29, 1.82) is 0 Å². The molecule has 2 aromatic rings. The molecule has 2 N–H and O–H groups in total. The van der Waals surface area contributed by atoms with Crippen LogP contribution >= 0.6 is 0 Å². The Balaban J connectivity index is 0.00000118. The number of hydrogen-bond donors (Lipinski definition) is 2. The van der Waals surface area contributed by atoms with Crippen LogP contribution in [0.5, 0.6) is 0 Å². The maximum atomic E-state index is 13.1. The quantitative estimate of drug-likeness (QED) is 0.863. The molecule has 1 aliphatic carbocycles. The average molecular weight is 373 g/mol. The Bertz CT molecular complexity index is 719. The molecule has 1 saturated carbocycles. The second-order valence-electron chi connectivity index (χ2n) is 5.71. The first kappa shape index (κ1) is 19.8. The van der Waals surface area contributed by atoms with E-state index in [-0.39, 0.29) is 19.1 Å². The largest absolute Gasteiger partial charge is 0.433 e. The van der Waals surface area contributed by atoms with Crippen LogP contribution in [-0.4, -0.2) is 43.7 Å². The lowest BCUT2D eigenvalue weighted by atomic mass is 9.95. The lowest BCUT2D eigenvalue weighted by Gasteiger charge is -2.22. The monoisotopic (exact) mass is 373 g/mol. The maximum absolute atomic E-state index is 13.1. The van der Waals surface area contributed by atoms with E-state index in [9.17, 15) is 18.0 Å². The van der Waals surface area contributed by atoms with Gasteiger partial charge < -0.3 is 10.4 Å². The molecular weight excluding hydrogens is 351 g/mol. The molecular formula is C16H22F3N5O2. The van der Waals surface area contributed by atoms with E-state index in [2.05, 4.69) is 20.3 Å². The zero-order chi connectivity index (χ0) is 19.2. The summed E-state index contributed by atoms with van der Waals surface area (Å²) in [7, 11) is 1.00. The molecule has 0 radical (unpaired) electrons. The van der Waals surface area contributed by atoms with Crippen LogP contribution in [0.3, 0.4) is 0 Å². The Kier molecular flexibility index (Phi) is 6.67. The molecule has 0 bridgehead atoms. The number of aliphatic hydroxyl groups excluding tert-OH is 1. The van der Waals surface area contributed by atoms with Crippen molar-refractivity contribution in [1.82, 2.24) is 24.8 Å². The van der Waals surface area contributed by atoms with E-state index < -0.39 is 17.8 Å². The smallest absolute Gasteiger partial charge is 0.400 e. The van der Waals surface area contributed by atoms with Gasteiger partial charge in [0.2, 0.25) is 5.95 Å². The van der Waals surface area contributed by atoms with E-state index in [1.54, 1.807) is 0 Å². The number of aliphatic hydroxyl groups is 1. The molecule has 2 heterocycles. The predicted molar refractivity (Wildman–Crippen MR) is 88.8 cm³/mol. The number of imidazole rings is 1. The molecule has 2 aromatic heterocycles. The molecule has 1 fully saturated rings. The highest BCUT2D eigenvalue weighted by atomic mass is 19.4. The van der Waals surface area contributed by atoms with Crippen molar-refractivity contribution in [3.05, 3.63) is 36.2 Å². The van der Waals surface area contributed by atoms with Crippen molar-refractivity contribution >= 4 is 5.91 Å². The van der Waals surface area contributed by atoms with Gasteiger partial charge >= 0.3 is 6.18 Å². The van der Waals surface area contributed by atoms with E-state index >= 15 is 0 Å². The van der Waals surface area contributed by atoms with Crippen LogP contribution < -0.4 is 5.32 Å². The fourth-order valence-corrected chi connectivity index (χ4v) is 2.70. The number of halogens is 3. The van der Waals surface area contributed by atoms with Gasteiger partial charge in [0.05, 0.1) is 0 Å². The number of nitrogens with zero attached hydrogens (tertiary/aromatic N) is 4. The van der Waals surface area contributed by atoms with Crippen LogP contribution in [0.2, 0.25) is 0 Å². The van der Waals surface area contributed by atoms with Crippen LogP contribution in [0.1, 0.15) is 49.7 Å². The highest BCUT2D eigenvalue weighted by Gasteiger charge is 2.34. The van der Waals surface area contributed by atoms with Crippen molar-refractivity contribution in [2.45, 2.75) is 44.3 Å². The lowest BCUT2D eigenvalue weighted by molar-refractivity contribution is -0.141. The second-order valence-corrected chi connectivity index (χ2v) is 5.71. The lowest BCUT2D eigenvalue weighted by Crippen LogP contribution is -2.37. The minimum Gasteiger partial charge on any atom is -0.400 e. The number of amides is 1. The molecule has 0 saturated heterocycles. The predicted octanol–water partition coefficient (Wildman–Crippen LogP) is 2.60. The number of aromatic nitrogens is 4. The number of alkyl halides is 3. The molecule has 3 rings (SSSR count). The molecule has 1 amide bonds. The molecule has 26 heavy (non-hydrogen) atoms. The third-order valence-electron chi connectivity index (χ3n) is 3.91. The van der Waals surface area contributed by atoms with E-state index in [1.165, 1.54) is 23.3 Å². The summed E-state index contributed by atoms with van der Waals surface area (Å²) in [5, 5.41) is 9.76. The first-order chi connectivity index (χ1) is 12.4. The van der Waals surface area contributed by atoms with Gasteiger partial charge in [-0.2, -0.15) is 13.2 Å². The van der Waals surface area contributed by atoms with E-state index in [0.29, 0.717) is 6.07 Å². The highest BCUT2D eigenvalue weighted by Crippen LogP contribution is 2.28. The van der Waals surface area contributed by atoms with E-state index in [1.807, 2.05) is 0 Å². The topological polar surface area (TPSA) is 92.9 Å². The van der Waals surface area contributed by atoms with Gasteiger partial charge in [-0.3, -0.25) is 9.36 Å². The fraction of sp³-hybridized carbons (Fsp3) is 0.500. The summed E-state index contributed by atoms with van der Waals surface area (Å²) in [4.78, 5) is 23.5. The fourth-order valence-electron chi connectivity index (χ4n) is 2.70. The van der Waals surface area contributed by atoms with Gasteiger partial charge in [0.1, 0.15) is 12.0 Å². The number of hydrogen-bond acceptors (Lipinski definition) is 5. The van der Waals surface area contributed by atoms with Crippen LogP contribution in [0.25, 0.3) is 5.95 Å². The first-order valence-electron chi connectivity index (χ1n) is 8.13. The van der Waals surface area contributed by atoms with Crippen molar-refractivity contribution in [3.63, 3.8) is 0 Å². The van der Waals surface area contributed by atoms with Crippen LogP contribution in [0, 0.1) is 0 Å². The summed E-state index contributed by atoms with van der Waals surface area (Å²) < 4.78 is 40.4. The summed E-state index contributed by atoms with van der Waals surface area (Å²) in [6, 6.07) is 0.658. The Morgan fingerprint density at radius 3 is 2.54 bits per heavy atom. The van der Waals surface area contributed by atoms with Gasteiger partial charge in [0, 0.05) is 33.0 Å². The summed E-state index contributed by atoms with van der Waals surface area (Å²) in [6.07, 6.45) is 4.20. The first-order valence-corrected chi connectivity index (χ1v) is 8.13. The Morgan fingerprint density at radius 1 is 1.27 bits per heavy atom. The molecule has 0 spiro atoms. The molecule has 7 nitrogen and oxygen atoms in total. The van der Waals surface area contributed by atoms with Crippen LogP contribution in [0.4, 0.5) is 13.2 Å². The van der Waals surface area contributed by atoms with E-state index in [4.69, 9.17) is 5.11 Å². The van der Waals surface area contributed by atoms with Gasteiger partial charge in [0.15, 0.2) is 5.69 Å². The van der Waals surface area contributed by atoms with Crippen LogP contribution in [-0.2, 0) is 6.18 Å². The normalized spacial score (nSPS) is 15.1. The number of nitrogens with one attached hydrogen (secondary N) is 1. The molecule has 0 atom stereocenters. The van der Waals surface area contributed by atoms with Crippen molar-refractivity contribution in [2.24, 2.45) is 0 Å². The maximum Gasteiger partial charge on any atom is 0.433 e. The SMILES string of the molecule is CO.O=C(NC1CCCCC1)c1cc(C(F)(F)F)nc(-n2ccnc2)n1.[HH]. The standard InChI is InChI=1S/C15H16F3N5O.CH4O.H2/c16-15(17,18)12-8-11(13(24)20-10-4-2-1-3-5-10)21-14(22-12)23-7-6-19-9-23;1-2;/h6-10H,1-5H2,(H,20,24);2H,1H3;1H. The molecule has 10 heteroatoms. The average Bonchev–Trinajstić information content (AvgIpc) is 3.18. The van der Waals surface area contributed by atoms with Gasteiger partial charge in [0.25, 0.3) is 5.91 Å². The molecule has 0 unspecified atom stereocenters. The van der Waals surface area contributed by atoms with Gasteiger partial charge in [-0.1, -0.05) is 19.3 Å². The van der Waals surface area contributed by atoms with E-state index in [0.717, 1.165) is 39.2 Å². The molecule has 0 aliphatic heterocycles. The minimum absolute atomic E-state index is 0. The van der Waals surface area contributed by atoms with Crippen LogP contribution in [0.15, 0.2) is 24.8 Å². The van der Waals surface area contributed by atoms with Crippen molar-refractivity contribution in [3.8, 4) is 5.95 Å². The zero-order valence-electron chi connectivity index (χ0n) is 14.2. The number of rotatable bonds is 3. The summed E-state index contributed by atoms with van der Waals surface area (Å²) in [6.45, 7) is 0. The third kappa shape index (κ3) is 5.01. The van der Waals surface area contributed by atoms with Gasteiger partial charge in [-0.15, -0.1) is 0 Å². The molecule has 1 aliphatic rings. The second kappa shape index (κ2) is 8.75. The zero-order valence-corrected chi connectivity index (χ0v) is 14.2.